The summed E-state index contributed by atoms with van der Waals surface area (Å²) in [5, 5.41) is 8.97. The van der Waals surface area contributed by atoms with Crippen molar-refractivity contribution >= 4 is 29.5 Å². The number of carboxylic acid groups (broad SMARTS) is 1. The average molecular weight is 328 g/mol. The first kappa shape index (κ1) is 17.1. The van der Waals surface area contributed by atoms with Gasteiger partial charge in [0, 0.05) is 26.1 Å². The Morgan fingerprint density at radius 3 is 2.23 bits per heavy atom. The average Bonchev–Trinajstić information content (AvgIpc) is 2.54. The lowest BCUT2D eigenvalue weighted by atomic mass is 9.97. The number of likely N-dealkylation sites (N-methyl/N-ethyl adjacent to an activating group) is 1. The lowest BCUT2D eigenvalue weighted by Gasteiger charge is -2.32. The van der Waals surface area contributed by atoms with E-state index in [1.165, 1.54) is 4.90 Å². The van der Waals surface area contributed by atoms with Crippen LogP contribution in [-0.4, -0.2) is 70.9 Å². The summed E-state index contributed by atoms with van der Waals surface area (Å²) in [5.41, 5.74) is 0. The Kier molecular flexibility index (Phi) is 6.11. The van der Waals surface area contributed by atoms with E-state index in [4.69, 9.17) is 5.11 Å². The maximum atomic E-state index is 12.3. The van der Waals surface area contributed by atoms with Crippen LogP contribution in [0.25, 0.3) is 0 Å². The summed E-state index contributed by atoms with van der Waals surface area (Å²) in [4.78, 5) is 38.7. The summed E-state index contributed by atoms with van der Waals surface area (Å²) >= 11 is 1.87. The molecule has 22 heavy (non-hydrogen) atoms. The highest BCUT2D eigenvalue weighted by Gasteiger charge is 2.29. The largest absolute Gasteiger partial charge is 0.481 e. The van der Waals surface area contributed by atoms with E-state index in [1.807, 2.05) is 11.8 Å². The summed E-state index contributed by atoms with van der Waals surface area (Å²) in [6, 6.07) is 0. The molecule has 0 unspecified atom stereocenters. The number of rotatable bonds is 4. The van der Waals surface area contributed by atoms with Gasteiger partial charge in [-0.25, -0.2) is 0 Å². The lowest BCUT2D eigenvalue weighted by Crippen LogP contribution is -2.46. The molecule has 2 amide bonds. The summed E-state index contributed by atoms with van der Waals surface area (Å²) in [6.45, 7) is 1.04. The van der Waals surface area contributed by atoms with E-state index in [-0.39, 0.29) is 30.2 Å². The van der Waals surface area contributed by atoms with Crippen LogP contribution in [-0.2, 0) is 14.4 Å². The number of thioether (sulfide) groups is 1. The second-order valence-electron chi connectivity index (χ2n) is 6.07. The number of aliphatic carboxylic acids is 1. The van der Waals surface area contributed by atoms with Gasteiger partial charge in [0.1, 0.15) is 0 Å². The van der Waals surface area contributed by atoms with Crippen molar-refractivity contribution in [2.75, 3.05) is 38.2 Å². The molecule has 0 atom stereocenters. The molecule has 2 aliphatic rings. The van der Waals surface area contributed by atoms with Gasteiger partial charge in [-0.15, -0.1) is 0 Å². The van der Waals surface area contributed by atoms with Crippen molar-refractivity contribution in [3.05, 3.63) is 0 Å². The Morgan fingerprint density at radius 2 is 1.68 bits per heavy atom. The van der Waals surface area contributed by atoms with Crippen molar-refractivity contribution in [3.8, 4) is 0 Å². The van der Waals surface area contributed by atoms with Crippen molar-refractivity contribution < 1.29 is 19.5 Å². The number of hydrogen-bond donors (Lipinski definition) is 1. The molecule has 0 aromatic carbocycles. The van der Waals surface area contributed by atoms with Crippen molar-refractivity contribution in [3.63, 3.8) is 0 Å². The molecule has 0 saturated carbocycles. The minimum Gasteiger partial charge on any atom is -0.481 e. The standard InChI is InChI=1S/C15H24N2O4S/c1-16(14(19)11-4-8-22-9-5-11)10-13(18)17-6-2-12(3-7-17)15(20)21/h11-12H,2-10H2,1H3,(H,20,21). The highest BCUT2D eigenvalue weighted by Crippen LogP contribution is 2.24. The Bertz CT molecular complexity index is 429. The Labute approximate surface area is 135 Å². The van der Waals surface area contributed by atoms with E-state index in [9.17, 15) is 14.4 Å². The van der Waals surface area contributed by atoms with Gasteiger partial charge >= 0.3 is 5.97 Å². The number of likely N-dealkylation sites (tertiary alicyclic amines) is 1. The molecule has 124 valence electrons. The molecule has 0 radical (unpaired) electrons. The SMILES string of the molecule is CN(CC(=O)N1CCC(C(=O)O)CC1)C(=O)C1CCSCC1. The molecular weight excluding hydrogens is 304 g/mol. The summed E-state index contributed by atoms with van der Waals surface area (Å²) in [7, 11) is 1.69. The topological polar surface area (TPSA) is 77.9 Å². The lowest BCUT2D eigenvalue weighted by molar-refractivity contribution is -0.147. The number of nitrogens with zero attached hydrogens (tertiary/aromatic N) is 2. The van der Waals surface area contributed by atoms with Crippen LogP contribution in [0.1, 0.15) is 25.7 Å². The smallest absolute Gasteiger partial charge is 0.306 e. The van der Waals surface area contributed by atoms with Gasteiger partial charge < -0.3 is 14.9 Å². The molecule has 2 saturated heterocycles. The van der Waals surface area contributed by atoms with Gasteiger partial charge in [0.2, 0.25) is 11.8 Å². The first-order valence-corrected chi connectivity index (χ1v) is 8.98. The summed E-state index contributed by atoms with van der Waals surface area (Å²) in [6.07, 6.45) is 2.79. The molecule has 6 nitrogen and oxygen atoms in total. The molecule has 7 heteroatoms. The third kappa shape index (κ3) is 4.38. The van der Waals surface area contributed by atoms with Crippen LogP contribution < -0.4 is 0 Å². The van der Waals surface area contributed by atoms with E-state index in [0.29, 0.717) is 25.9 Å². The molecule has 2 heterocycles. The number of hydrogen-bond acceptors (Lipinski definition) is 4. The minimum atomic E-state index is -0.783. The zero-order valence-corrected chi connectivity index (χ0v) is 13.8. The maximum absolute atomic E-state index is 12.3. The van der Waals surface area contributed by atoms with Crippen LogP contribution in [0.2, 0.25) is 0 Å². The van der Waals surface area contributed by atoms with Gasteiger partial charge in [0.15, 0.2) is 0 Å². The quantitative estimate of drug-likeness (QED) is 0.830. The van der Waals surface area contributed by atoms with E-state index in [0.717, 1.165) is 24.3 Å². The van der Waals surface area contributed by atoms with Crippen molar-refractivity contribution in [2.45, 2.75) is 25.7 Å². The highest BCUT2D eigenvalue weighted by atomic mass is 32.2. The first-order chi connectivity index (χ1) is 10.5. The van der Waals surface area contributed by atoms with Crippen LogP contribution in [0.4, 0.5) is 0 Å². The van der Waals surface area contributed by atoms with E-state index < -0.39 is 5.97 Å². The summed E-state index contributed by atoms with van der Waals surface area (Å²) in [5.74, 6) is 0.940. The second kappa shape index (κ2) is 7.85. The predicted octanol–water partition coefficient (Wildman–Crippen LogP) is 0.911. The van der Waals surface area contributed by atoms with Crippen LogP contribution in [0.15, 0.2) is 0 Å². The van der Waals surface area contributed by atoms with Gasteiger partial charge in [-0.1, -0.05) is 0 Å². The minimum absolute atomic E-state index is 0.0526. The van der Waals surface area contributed by atoms with Gasteiger partial charge in [0.25, 0.3) is 0 Å². The number of carbonyl (C=O) groups excluding carboxylic acids is 2. The maximum Gasteiger partial charge on any atom is 0.306 e. The summed E-state index contributed by atoms with van der Waals surface area (Å²) < 4.78 is 0. The number of piperidine rings is 1. The fourth-order valence-electron chi connectivity index (χ4n) is 3.01. The molecule has 2 rings (SSSR count). The molecule has 0 aliphatic carbocycles. The molecule has 0 aromatic heterocycles. The van der Waals surface area contributed by atoms with E-state index in [2.05, 4.69) is 0 Å². The van der Waals surface area contributed by atoms with Crippen molar-refractivity contribution in [2.24, 2.45) is 11.8 Å². The van der Waals surface area contributed by atoms with Gasteiger partial charge in [-0.3, -0.25) is 14.4 Å². The van der Waals surface area contributed by atoms with Gasteiger partial charge in [-0.05, 0) is 37.2 Å². The normalized spacial score (nSPS) is 20.7. The van der Waals surface area contributed by atoms with Crippen molar-refractivity contribution in [1.82, 2.24) is 9.80 Å². The molecule has 2 aliphatic heterocycles. The molecule has 0 aromatic rings. The first-order valence-electron chi connectivity index (χ1n) is 7.82. The van der Waals surface area contributed by atoms with E-state index >= 15 is 0 Å². The molecule has 1 N–H and O–H groups in total. The van der Waals surface area contributed by atoms with Gasteiger partial charge in [-0.2, -0.15) is 11.8 Å². The number of carboxylic acids is 1. The van der Waals surface area contributed by atoms with Crippen LogP contribution in [0.5, 0.6) is 0 Å². The Morgan fingerprint density at radius 1 is 1.09 bits per heavy atom. The molecule has 0 spiro atoms. The number of carbonyl (C=O) groups is 3. The van der Waals surface area contributed by atoms with E-state index in [1.54, 1.807) is 11.9 Å². The Balaban J connectivity index is 1.78. The fourth-order valence-corrected chi connectivity index (χ4v) is 4.12. The third-order valence-corrected chi connectivity index (χ3v) is 5.56. The van der Waals surface area contributed by atoms with Crippen molar-refractivity contribution in [1.29, 1.82) is 0 Å². The molecule has 2 fully saturated rings. The fraction of sp³-hybridized carbons (Fsp3) is 0.800. The van der Waals surface area contributed by atoms with Gasteiger partial charge in [0.05, 0.1) is 12.5 Å². The van der Waals surface area contributed by atoms with Crippen LogP contribution in [0.3, 0.4) is 0 Å². The van der Waals surface area contributed by atoms with Crippen LogP contribution in [0, 0.1) is 11.8 Å². The molecule has 0 bridgehead atoms. The highest BCUT2D eigenvalue weighted by molar-refractivity contribution is 7.99. The predicted molar refractivity (Wildman–Crippen MR) is 84.6 cm³/mol. The second-order valence-corrected chi connectivity index (χ2v) is 7.30. The van der Waals surface area contributed by atoms with Crippen LogP contribution >= 0.6 is 11.8 Å². The zero-order valence-electron chi connectivity index (χ0n) is 13.0. The third-order valence-electron chi connectivity index (χ3n) is 4.52. The zero-order chi connectivity index (χ0) is 16.1. The Hall–Kier alpha value is -1.24. The number of amides is 2. The monoisotopic (exact) mass is 328 g/mol. The molecular formula is C15H24N2O4S.